The Morgan fingerprint density at radius 3 is 1.79 bits per heavy atom. The Morgan fingerprint density at radius 2 is 1.21 bits per heavy atom. The van der Waals surface area contributed by atoms with E-state index in [9.17, 15) is 9.59 Å². The lowest BCUT2D eigenvalue weighted by molar-refractivity contribution is -0.123. The SMILES string of the molecule is O=C1NC(=S)NC(=O)C1=Cc1ccc(C=Cc2ccccc2)cc1. The average molecular weight is 334 g/mol. The fourth-order valence-corrected chi connectivity index (χ4v) is 2.42. The Kier molecular flexibility index (Phi) is 4.63. The fraction of sp³-hybridized carbons (Fsp3) is 0. The number of carbonyl (C=O) groups excluding carboxylic acids is 2. The summed E-state index contributed by atoms with van der Waals surface area (Å²) < 4.78 is 0. The fourth-order valence-electron chi connectivity index (χ4n) is 2.23. The number of benzene rings is 2. The van der Waals surface area contributed by atoms with Crippen molar-refractivity contribution in [2.45, 2.75) is 0 Å². The molecule has 2 N–H and O–H groups in total. The van der Waals surface area contributed by atoms with E-state index >= 15 is 0 Å². The average Bonchev–Trinajstić information content (AvgIpc) is 2.58. The summed E-state index contributed by atoms with van der Waals surface area (Å²) >= 11 is 4.77. The van der Waals surface area contributed by atoms with Crippen molar-refractivity contribution in [2.75, 3.05) is 0 Å². The molecule has 0 unspecified atom stereocenters. The van der Waals surface area contributed by atoms with Crippen LogP contribution in [-0.4, -0.2) is 16.9 Å². The number of hydrogen-bond donors (Lipinski definition) is 2. The Hall–Kier alpha value is -3.05. The van der Waals surface area contributed by atoms with E-state index in [1.54, 1.807) is 0 Å². The summed E-state index contributed by atoms with van der Waals surface area (Å²) in [4.78, 5) is 23.6. The summed E-state index contributed by atoms with van der Waals surface area (Å²) in [6.45, 7) is 0. The van der Waals surface area contributed by atoms with Crippen LogP contribution in [0, 0.1) is 0 Å². The van der Waals surface area contributed by atoms with Crippen molar-refractivity contribution in [3.05, 3.63) is 76.9 Å². The molecule has 3 rings (SSSR count). The van der Waals surface area contributed by atoms with Crippen molar-refractivity contribution in [1.29, 1.82) is 0 Å². The van der Waals surface area contributed by atoms with Crippen molar-refractivity contribution in [3.8, 4) is 0 Å². The molecule has 2 aromatic rings. The highest BCUT2D eigenvalue weighted by molar-refractivity contribution is 7.80. The number of thiocarbonyl (C=S) groups is 1. The summed E-state index contributed by atoms with van der Waals surface area (Å²) in [6, 6.07) is 17.6. The van der Waals surface area contributed by atoms with Gasteiger partial charge in [-0.15, -0.1) is 0 Å². The van der Waals surface area contributed by atoms with E-state index in [2.05, 4.69) is 10.6 Å². The molecule has 1 heterocycles. The molecule has 1 fully saturated rings. The molecule has 2 amide bonds. The van der Waals surface area contributed by atoms with Gasteiger partial charge in [-0.05, 0) is 35.0 Å². The summed E-state index contributed by atoms with van der Waals surface area (Å²) in [6.07, 6.45) is 5.57. The van der Waals surface area contributed by atoms with E-state index in [1.807, 2.05) is 66.7 Å². The Bertz CT molecular complexity index is 831. The minimum atomic E-state index is -0.489. The van der Waals surface area contributed by atoms with Gasteiger partial charge in [-0.2, -0.15) is 0 Å². The van der Waals surface area contributed by atoms with Crippen molar-refractivity contribution in [3.63, 3.8) is 0 Å². The molecule has 0 bridgehead atoms. The van der Waals surface area contributed by atoms with Crippen LogP contribution in [0.25, 0.3) is 18.2 Å². The number of amides is 2. The van der Waals surface area contributed by atoms with Crippen LogP contribution in [0.2, 0.25) is 0 Å². The second kappa shape index (κ2) is 7.02. The van der Waals surface area contributed by atoms with Gasteiger partial charge in [-0.25, -0.2) is 0 Å². The molecule has 1 aliphatic heterocycles. The first-order valence-electron chi connectivity index (χ1n) is 7.33. The minimum absolute atomic E-state index is 0.0311. The van der Waals surface area contributed by atoms with E-state index in [-0.39, 0.29) is 10.7 Å². The standard InChI is InChI=1S/C19H14N2O2S/c22-17-16(18(23)21-19(24)20-17)12-15-10-8-14(9-11-15)7-6-13-4-2-1-3-5-13/h1-12H,(H2,20,21,22,23,24). The zero-order valence-corrected chi connectivity index (χ0v) is 13.5. The zero-order valence-electron chi connectivity index (χ0n) is 12.7. The maximum Gasteiger partial charge on any atom is 0.263 e. The van der Waals surface area contributed by atoms with Crippen molar-refractivity contribution in [1.82, 2.24) is 10.6 Å². The van der Waals surface area contributed by atoms with Crippen LogP contribution >= 0.6 is 12.2 Å². The van der Waals surface area contributed by atoms with Gasteiger partial charge < -0.3 is 0 Å². The van der Waals surface area contributed by atoms with Crippen LogP contribution in [0.1, 0.15) is 16.7 Å². The topological polar surface area (TPSA) is 58.2 Å². The lowest BCUT2D eigenvalue weighted by Gasteiger charge is -2.16. The van der Waals surface area contributed by atoms with Crippen molar-refractivity contribution >= 4 is 47.4 Å². The van der Waals surface area contributed by atoms with E-state index in [4.69, 9.17) is 12.2 Å². The molecule has 0 atom stereocenters. The van der Waals surface area contributed by atoms with Gasteiger partial charge in [0.25, 0.3) is 11.8 Å². The highest BCUT2D eigenvalue weighted by atomic mass is 32.1. The molecule has 0 aliphatic carbocycles. The van der Waals surface area contributed by atoms with E-state index in [1.165, 1.54) is 6.08 Å². The van der Waals surface area contributed by atoms with Crippen LogP contribution in [0.5, 0.6) is 0 Å². The highest BCUT2D eigenvalue weighted by Gasteiger charge is 2.25. The lowest BCUT2D eigenvalue weighted by Crippen LogP contribution is -2.51. The smallest absolute Gasteiger partial charge is 0.263 e. The van der Waals surface area contributed by atoms with Gasteiger partial charge in [0, 0.05) is 0 Å². The molecule has 118 valence electrons. The first-order valence-corrected chi connectivity index (χ1v) is 7.74. The van der Waals surface area contributed by atoms with E-state index in [0.717, 1.165) is 16.7 Å². The summed E-state index contributed by atoms with van der Waals surface area (Å²) in [5.74, 6) is -0.978. The number of carbonyl (C=O) groups is 2. The molecule has 0 spiro atoms. The molecule has 24 heavy (non-hydrogen) atoms. The maximum absolute atomic E-state index is 11.8. The summed E-state index contributed by atoms with van der Waals surface area (Å²) in [5.41, 5.74) is 2.95. The van der Waals surface area contributed by atoms with Gasteiger partial charge in [0.2, 0.25) is 0 Å². The lowest BCUT2D eigenvalue weighted by atomic mass is 10.1. The summed E-state index contributed by atoms with van der Waals surface area (Å²) in [5, 5.41) is 4.85. The van der Waals surface area contributed by atoms with Crippen molar-refractivity contribution < 1.29 is 9.59 Å². The molecule has 0 saturated carbocycles. The quantitative estimate of drug-likeness (QED) is 0.393. The zero-order chi connectivity index (χ0) is 16.9. The van der Waals surface area contributed by atoms with Crippen LogP contribution in [-0.2, 0) is 9.59 Å². The third kappa shape index (κ3) is 3.83. The highest BCUT2D eigenvalue weighted by Crippen LogP contribution is 2.13. The molecule has 4 nitrogen and oxygen atoms in total. The number of nitrogens with one attached hydrogen (secondary N) is 2. The first kappa shape index (κ1) is 15.8. The third-order valence-electron chi connectivity index (χ3n) is 3.46. The minimum Gasteiger partial charge on any atom is -0.299 e. The molecular formula is C19H14N2O2S. The van der Waals surface area contributed by atoms with Crippen LogP contribution in [0.4, 0.5) is 0 Å². The largest absolute Gasteiger partial charge is 0.299 e. The number of rotatable bonds is 3. The van der Waals surface area contributed by atoms with Crippen LogP contribution in [0.3, 0.4) is 0 Å². The first-order chi connectivity index (χ1) is 11.6. The van der Waals surface area contributed by atoms with E-state index < -0.39 is 11.8 Å². The molecule has 0 aromatic heterocycles. The van der Waals surface area contributed by atoms with Crippen LogP contribution in [0.15, 0.2) is 60.2 Å². The molecular weight excluding hydrogens is 320 g/mol. The summed E-state index contributed by atoms with van der Waals surface area (Å²) in [7, 11) is 0. The third-order valence-corrected chi connectivity index (χ3v) is 3.66. The van der Waals surface area contributed by atoms with Crippen molar-refractivity contribution in [2.24, 2.45) is 0 Å². The van der Waals surface area contributed by atoms with Gasteiger partial charge >= 0.3 is 0 Å². The Balaban J connectivity index is 1.76. The molecule has 1 aliphatic rings. The van der Waals surface area contributed by atoms with Gasteiger partial charge in [0.1, 0.15) is 5.57 Å². The molecule has 0 radical (unpaired) electrons. The monoisotopic (exact) mass is 334 g/mol. The Morgan fingerprint density at radius 1 is 0.708 bits per heavy atom. The second-order valence-corrected chi connectivity index (χ2v) is 5.61. The second-order valence-electron chi connectivity index (χ2n) is 5.21. The van der Waals surface area contributed by atoms with Crippen LogP contribution < -0.4 is 10.6 Å². The van der Waals surface area contributed by atoms with Gasteiger partial charge in [-0.3, -0.25) is 20.2 Å². The molecule has 5 heteroatoms. The number of hydrogen-bond acceptors (Lipinski definition) is 3. The van der Waals surface area contributed by atoms with E-state index in [0.29, 0.717) is 0 Å². The predicted molar refractivity (Wildman–Crippen MR) is 98.7 cm³/mol. The molecule has 1 saturated heterocycles. The van der Waals surface area contributed by atoms with Gasteiger partial charge in [0.15, 0.2) is 5.11 Å². The van der Waals surface area contributed by atoms with Gasteiger partial charge in [-0.1, -0.05) is 66.7 Å². The maximum atomic E-state index is 11.8. The van der Waals surface area contributed by atoms with Gasteiger partial charge in [0.05, 0.1) is 0 Å². The normalized spacial score (nSPS) is 14.5. The molecule has 2 aromatic carbocycles. The Labute approximate surface area is 144 Å². The predicted octanol–water partition coefficient (Wildman–Crippen LogP) is 2.77.